The highest BCUT2D eigenvalue weighted by molar-refractivity contribution is 7.98. The Labute approximate surface area is 114 Å². The Bertz CT molecular complexity index is 540. The molecule has 1 aromatic heterocycles. The zero-order valence-electron chi connectivity index (χ0n) is 9.44. The van der Waals surface area contributed by atoms with E-state index in [0.717, 1.165) is 23.1 Å². The van der Waals surface area contributed by atoms with Gasteiger partial charge in [0.15, 0.2) is 11.0 Å². The zero-order valence-corrected chi connectivity index (χ0v) is 11.8. The van der Waals surface area contributed by atoms with Crippen LogP contribution < -0.4 is 0 Å². The largest absolute Gasteiger partial charge is 0.302 e. The van der Waals surface area contributed by atoms with Gasteiger partial charge in [-0.1, -0.05) is 35.0 Å². The normalized spacial score (nSPS) is 10.8. The van der Waals surface area contributed by atoms with Gasteiger partial charge in [0, 0.05) is 17.1 Å². The van der Waals surface area contributed by atoms with Crippen molar-refractivity contribution in [3.8, 4) is 11.4 Å². The Morgan fingerprint density at radius 3 is 2.65 bits per heavy atom. The predicted octanol–water partition coefficient (Wildman–Crippen LogP) is 3.99. The molecule has 0 spiro atoms. The van der Waals surface area contributed by atoms with Gasteiger partial charge < -0.3 is 4.57 Å². The summed E-state index contributed by atoms with van der Waals surface area (Å²) < 4.78 is 2.03. The number of aromatic nitrogens is 3. The molecule has 0 aliphatic carbocycles. The van der Waals surface area contributed by atoms with Crippen LogP contribution in [0.4, 0.5) is 0 Å². The number of rotatable bonds is 3. The molecule has 0 fully saturated rings. The smallest absolute Gasteiger partial charge is 0.191 e. The molecule has 0 radical (unpaired) electrons. The molecule has 1 aromatic carbocycles. The fourth-order valence-electron chi connectivity index (χ4n) is 1.59. The molecule has 0 unspecified atom stereocenters. The zero-order chi connectivity index (χ0) is 12.4. The molecule has 0 saturated heterocycles. The summed E-state index contributed by atoms with van der Waals surface area (Å²) >= 11 is 13.6. The minimum absolute atomic E-state index is 0.590. The standard InChI is InChI=1S/C11H11Cl2N3S/c1-3-16-10(14-15-11(16)17-2)8-5-4-7(12)6-9(8)13/h4-6H,3H2,1-2H3. The van der Waals surface area contributed by atoms with Gasteiger partial charge in [-0.25, -0.2) is 0 Å². The number of benzene rings is 1. The molecule has 2 rings (SSSR count). The highest BCUT2D eigenvalue weighted by atomic mass is 35.5. The van der Waals surface area contributed by atoms with Gasteiger partial charge in [-0.3, -0.25) is 0 Å². The second kappa shape index (κ2) is 5.29. The SMILES string of the molecule is CCn1c(SC)nnc1-c1ccc(Cl)cc1Cl. The maximum absolute atomic E-state index is 6.17. The molecule has 0 atom stereocenters. The lowest BCUT2D eigenvalue weighted by atomic mass is 10.2. The summed E-state index contributed by atoms with van der Waals surface area (Å²) in [6, 6.07) is 5.38. The van der Waals surface area contributed by atoms with E-state index in [1.807, 2.05) is 16.9 Å². The van der Waals surface area contributed by atoms with E-state index < -0.39 is 0 Å². The Hall–Kier alpha value is -0.710. The summed E-state index contributed by atoms with van der Waals surface area (Å²) in [5.41, 5.74) is 0.853. The van der Waals surface area contributed by atoms with Gasteiger partial charge in [-0.05, 0) is 31.4 Å². The van der Waals surface area contributed by atoms with Gasteiger partial charge in [0.25, 0.3) is 0 Å². The van der Waals surface area contributed by atoms with Crippen LogP contribution in [0, 0.1) is 0 Å². The summed E-state index contributed by atoms with van der Waals surface area (Å²) in [5.74, 6) is 0.776. The van der Waals surface area contributed by atoms with Crippen molar-refractivity contribution in [2.24, 2.45) is 0 Å². The fourth-order valence-corrected chi connectivity index (χ4v) is 2.65. The summed E-state index contributed by atoms with van der Waals surface area (Å²) in [6.45, 7) is 2.86. The lowest BCUT2D eigenvalue weighted by Crippen LogP contribution is -1.99. The maximum atomic E-state index is 6.17. The van der Waals surface area contributed by atoms with E-state index in [0.29, 0.717) is 10.0 Å². The monoisotopic (exact) mass is 287 g/mol. The minimum Gasteiger partial charge on any atom is -0.302 e. The number of nitrogens with zero attached hydrogens (tertiary/aromatic N) is 3. The highest BCUT2D eigenvalue weighted by Gasteiger charge is 2.14. The van der Waals surface area contributed by atoms with Crippen molar-refractivity contribution in [1.29, 1.82) is 0 Å². The van der Waals surface area contributed by atoms with E-state index >= 15 is 0 Å². The number of halogens is 2. The second-order valence-corrected chi connectivity index (χ2v) is 5.00. The van der Waals surface area contributed by atoms with E-state index in [2.05, 4.69) is 17.1 Å². The van der Waals surface area contributed by atoms with Gasteiger partial charge in [0.1, 0.15) is 0 Å². The Morgan fingerprint density at radius 1 is 1.29 bits per heavy atom. The van der Waals surface area contributed by atoms with Crippen molar-refractivity contribution >= 4 is 35.0 Å². The van der Waals surface area contributed by atoms with Crippen LogP contribution in [0.3, 0.4) is 0 Å². The van der Waals surface area contributed by atoms with E-state index in [4.69, 9.17) is 23.2 Å². The first-order valence-corrected chi connectivity index (χ1v) is 7.08. The van der Waals surface area contributed by atoms with E-state index in [1.165, 1.54) is 0 Å². The second-order valence-electron chi connectivity index (χ2n) is 3.38. The molecule has 0 bridgehead atoms. The van der Waals surface area contributed by atoms with Crippen LogP contribution in [0.1, 0.15) is 6.92 Å². The maximum Gasteiger partial charge on any atom is 0.191 e. The van der Waals surface area contributed by atoms with Crippen molar-refractivity contribution in [3.63, 3.8) is 0 Å². The molecule has 0 amide bonds. The van der Waals surface area contributed by atoms with Crippen LogP contribution >= 0.6 is 35.0 Å². The van der Waals surface area contributed by atoms with Gasteiger partial charge in [-0.2, -0.15) is 0 Å². The van der Waals surface area contributed by atoms with Crippen molar-refractivity contribution in [3.05, 3.63) is 28.2 Å². The summed E-state index contributed by atoms with van der Waals surface area (Å²) in [7, 11) is 0. The van der Waals surface area contributed by atoms with Crippen LogP contribution in [-0.2, 0) is 6.54 Å². The van der Waals surface area contributed by atoms with Crippen molar-refractivity contribution in [2.45, 2.75) is 18.6 Å². The Kier molecular flexibility index (Phi) is 3.97. The first-order valence-electron chi connectivity index (χ1n) is 5.10. The fraction of sp³-hybridized carbons (Fsp3) is 0.273. The van der Waals surface area contributed by atoms with Crippen LogP contribution in [0.15, 0.2) is 23.4 Å². The number of hydrogen-bond acceptors (Lipinski definition) is 3. The van der Waals surface area contributed by atoms with Gasteiger partial charge in [-0.15, -0.1) is 10.2 Å². The molecular formula is C11H11Cl2N3S. The first kappa shape index (κ1) is 12.7. The third-order valence-corrected chi connectivity index (χ3v) is 3.60. The molecule has 0 saturated carbocycles. The number of hydrogen-bond donors (Lipinski definition) is 0. The molecular weight excluding hydrogens is 277 g/mol. The van der Waals surface area contributed by atoms with Gasteiger partial charge in [0.2, 0.25) is 0 Å². The molecule has 3 nitrogen and oxygen atoms in total. The summed E-state index contributed by atoms with van der Waals surface area (Å²) in [5, 5.41) is 10.4. The van der Waals surface area contributed by atoms with Crippen LogP contribution in [0.25, 0.3) is 11.4 Å². The molecule has 2 aromatic rings. The Balaban J connectivity index is 2.56. The minimum atomic E-state index is 0.590. The molecule has 0 aliphatic heterocycles. The first-order chi connectivity index (χ1) is 8.17. The molecule has 1 heterocycles. The van der Waals surface area contributed by atoms with E-state index in [1.54, 1.807) is 23.9 Å². The van der Waals surface area contributed by atoms with Crippen molar-refractivity contribution in [1.82, 2.24) is 14.8 Å². The summed E-state index contributed by atoms with van der Waals surface area (Å²) in [4.78, 5) is 0. The lowest BCUT2D eigenvalue weighted by molar-refractivity contribution is 0.688. The van der Waals surface area contributed by atoms with E-state index in [9.17, 15) is 0 Å². The topological polar surface area (TPSA) is 30.7 Å². The quantitative estimate of drug-likeness (QED) is 0.800. The highest BCUT2D eigenvalue weighted by Crippen LogP contribution is 2.30. The summed E-state index contributed by atoms with van der Waals surface area (Å²) in [6.07, 6.45) is 1.98. The third-order valence-electron chi connectivity index (χ3n) is 2.39. The third kappa shape index (κ3) is 2.44. The molecule has 0 aliphatic rings. The Morgan fingerprint density at radius 2 is 2.06 bits per heavy atom. The van der Waals surface area contributed by atoms with Gasteiger partial charge in [0.05, 0.1) is 5.02 Å². The van der Waals surface area contributed by atoms with Crippen molar-refractivity contribution < 1.29 is 0 Å². The lowest BCUT2D eigenvalue weighted by Gasteiger charge is -2.07. The van der Waals surface area contributed by atoms with Crippen LogP contribution in [0.5, 0.6) is 0 Å². The van der Waals surface area contributed by atoms with Crippen LogP contribution in [-0.4, -0.2) is 21.0 Å². The molecule has 17 heavy (non-hydrogen) atoms. The number of thioether (sulfide) groups is 1. The van der Waals surface area contributed by atoms with E-state index in [-0.39, 0.29) is 0 Å². The molecule has 0 N–H and O–H groups in total. The molecule has 90 valence electrons. The predicted molar refractivity (Wildman–Crippen MR) is 72.9 cm³/mol. The van der Waals surface area contributed by atoms with Crippen LogP contribution in [0.2, 0.25) is 10.0 Å². The van der Waals surface area contributed by atoms with Gasteiger partial charge >= 0.3 is 0 Å². The average Bonchev–Trinajstić information content (AvgIpc) is 2.71. The molecule has 6 heteroatoms. The average molecular weight is 288 g/mol. The van der Waals surface area contributed by atoms with Crippen molar-refractivity contribution in [2.75, 3.05) is 6.26 Å².